The maximum absolute atomic E-state index is 11.3. The van der Waals surface area contributed by atoms with Gasteiger partial charge in [0.2, 0.25) is 5.91 Å². The van der Waals surface area contributed by atoms with Gasteiger partial charge in [-0.2, -0.15) is 0 Å². The van der Waals surface area contributed by atoms with Gasteiger partial charge in [0, 0.05) is 6.54 Å². The first-order valence-corrected chi connectivity index (χ1v) is 5.85. The number of carbonyl (C=O) groups is 2. The lowest BCUT2D eigenvalue weighted by Gasteiger charge is -2.13. The second-order valence-corrected chi connectivity index (χ2v) is 5.42. The van der Waals surface area contributed by atoms with Gasteiger partial charge in [-0.15, -0.1) is 11.3 Å². The Morgan fingerprint density at radius 3 is 2.79 bits per heavy atom. The van der Waals surface area contributed by atoms with Crippen LogP contribution in [0.25, 0.3) is 0 Å². The van der Waals surface area contributed by atoms with Crippen LogP contribution in [0.15, 0.2) is 15.2 Å². The molecule has 1 fully saturated rings. The zero-order valence-corrected chi connectivity index (χ0v) is 9.73. The van der Waals surface area contributed by atoms with Crippen molar-refractivity contribution in [1.29, 1.82) is 0 Å². The van der Waals surface area contributed by atoms with E-state index in [1.165, 1.54) is 0 Å². The van der Waals surface area contributed by atoms with Crippen molar-refractivity contribution in [1.82, 2.24) is 4.90 Å². The molecule has 3 nitrogen and oxygen atoms in total. The van der Waals surface area contributed by atoms with Gasteiger partial charge in [0.25, 0.3) is 0 Å². The third kappa shape index (κ3) is 1.88. The molecular formula is C9H8BrNO2S. The Morgan fingerprint density at radius 1 is 1.50 bits per heavy atom. The van der Waals surface area contributed by atoms with E-state index in [4.69, 9.17) is 0 Å². The summed E-state index contributed by atoms with van der Waals surface area (Å²) in [4.78, 5) is 23.9. The van der Waals surface area contributed by atoms with Gasteiger partial charge in [-0.1, -0.05) is 0 Å². The number of hydrogen-bond acceptors (Lipinski definition) is 3. The van der Waals surface area contributed by atoms with Crippen molar-refractivity contribution in [3.05, 3.63) is 20.8 Å². The van der Waals surface area contributed by atoms with Crippen LogP contribution in [0.1, 0.15) is 12.0 Å². The monoisotopic (exact) mass is 273 g/mol. The SMILES string of the molecule is O=C1CC(=O)N(Cc2ccsc2Br)C1. The minimum Gasteiger partial charge on any atom is -0.331 e. The van der Waals surface area contributed by atoms with E-state index < -0.39 is 0 Å². The van der Waals surface area contributed by atoms with E-state index in [0.29, 0.717) is 6.54 Å². The van der Waals surface area contributed by atoms with Crippen LogP contribution in [0.5, 0.6) is 0 Å². The summed E-state index contributed by atoms with van der Waals surface area (Å²) in [5, 5.41) is 1.96. The van der Waals surface area contributed by atoms with Gasteiger partial charge < -0.3 is 4.90 Å². The van der Waals surface area contributed by atoms with E-state index in [1.807, 2.05) is 11.4 Å². The number of thiophene rings is 1. The summed E-state index contributed by atoms with van der Waals surface area (Å²) in [5.74, 6) is -0.0468. The number of rotatable bonds is 2. The van der Waals surface area contributed by atoms with E-state index >= 15 is 0 Å². The molecule has 0 aliphatic carbocycles. The fraction of sp³-hybridized carbons (Fsp3) is 0.333. The summed E-state index contributed by atoms with van der Waals surface area (Å²) in [6.07, 6.45) is 0.0712. The highest BCUT2D eigenvalue weighted by Gasteiger charge is 2.27. The predicted octanol–water partition coefficient (Wildman–Crippen LogP) is 1.81. The van der Waals surface area contributed by atoms with E-state index in [-0.39, 0.29) is 24.7 Å². The molecule has 1 amide bonds. The van der Waals surface area contributed by atoms with Crippen LogP contribution in [-0.4, -0.2) is 23.1 Å². The molecule has 2 rings (SSSR count). The fourth-order valence-electron chi connectivity index (χ4n) is 1.42. The van der Waals surface area contributed by atoms with Crippen molar-refractivity contribution in [2.75, 3.05) is 6.54 Å². The van der Waals surface area contributed by atoms with Gasteiger partial charge in [0.15, 0.2) is 5.78 Å². The molecule has 1 aromatic rings. The van der Waals surface area contributed by atoms with Gasteiger partial charge in [-0.3, -0.25) is 9.59 Å². The Hall–Kier alpha value is -0.680. The number of Topliss-reactive ketones (excluding diaryl/α,β-unsaturated/α-hetero) is 1. The third-order valence-corrected chi connectivity index (χ3v) is 3.93. The van der Waals surface area contributed by atoms with E-state index in [0.717, 1.165) is 9.35 Å². The largest absolute Gasteiger partial charge is 0.331 e. The molecule has 0 aromatic carbocycles. The first-order chi connectivity index (χ1) is 6.66. The van der Waals surface area contributed by atoms with Crippen LogP contribution in [0.2, 0.25) is 0 Å². The summed E-state index contributed by atoms with van der Waals surface area (Å²) >= 11 is 4.99. The normalized spacial score (nSPS) is 16.8. The van der Waals surface area contributed by atoms with E-state index in [2.05, 4.69) is 15.9 Å². The van der Waals surface area contributed by atoms with E-state index in [9.17, 15) is 9.59 Å². The van der Waals surface area contributed by atoms with Crippen molar-refractivity contribution in [3.63, 3.8) is 0 Å². The van der Waals surface area contributed by atoms with Gasteiger partial charge in [-0.05, 0) is 32.9 Å². The van der Waals surface area contributed by atoms with Crippen molar-refractivity contribution < 1.29 is 9.59 Å². The average molecular weight is 274 g/mol. The molecule has 0 spiro atoms. The maximum atomic E-state index is 11.3. The zero-order chi connectivity index (χ0) is 10.1. The Kier molecular flexibility index (Phi) is 2.69. The van der Waals surface area contributed by atoms with Gasteiger partial charge >= 0.3 is 0 Å². The molecule has 1 aliphatic rings. The van der Waals surface area contributed by atoms with Crippen molar-refractivity contribution in [2.24, 2.45) is 0 Å². The second-order valence-electron chi connectivity index (χ2n) is 3.18. The summed E-state index contributed by atoms with van der Waals surface area (Å²) in [6, 6.07) is 1.96. The van der Waals surface area contributed by atoms with Gasteiger partial charge in [0.05, 0.1) is 16.8 Å². The molecule has 0 saturated carbocycles. The lowest BCUT2D eigenvalue weighted by atomic mass is 10.3. The van der Waals surface area contributed by atoms with Crippen LogP contribution in [-0.2, 0) is 16.1 Å². The molecule has 1 saturated heterocycles. The molecule has 2 heterocycles. The lowest BCUT2D eigenvalue weighted by molar-refractivity contribution is -0.128. The van der Waals surface area contributed by atoms with Crippen molar-refractivity contribution >= 4 is 39.0 Å². The van der Waals surface area contributed by atoms with Crippen molar-refractivity contribution in [3.8, 4) is 0 Å². The zero-order valence-electron chi connectivity index (χ0n) is 7.33. The number of likely N-dealkylation sites (tertiary alicyclic amines) is 1. The van der Waals surface area contributed by atoms with Gasteiger partial charge in [0.1, 0.15) is 0 Å². The first-order valence-electron chi connectivity index (χ1n) is 4.18. The van der Waals surface area contributed by atoms with E-state index in [1.54, 1.807) is 16.2 Å². The number of amides is 1. The molecule has 5 heteroatoms. The molecule has 0 radical (unpaired) electrons. The molecular weight excluding hydrogens is 266 g/mol. The van der Waals surface area contributed by atoms with Crippen LogP contribution in [0.3, 0.4) is 0 Å². The third-order valence-electron chi connectivity index (χ3n) is 2.12. The van der Waals surface area contributed by atoms with Crippen LogP contribution in [0, 0.1) is 0 Å². The first kappa shape index (κ1) is 9.86. The lowest BCUT2D eigenvalue weighted by Crippen LogP contribution is -2.24. The van der Waals surface area contributed by atoms with Gasteiger partial charge in [-0.25, -0.2) is 0 Å². The molecule has 1 aliphatic heterocycles. The quantitative estimate of drug-likeness (QED) is 0.771. The Morgan fingerprint density at radius 2 is 2.29 bits per heavy atom. The van der Waals surface area contributed by atoms with Crippen LogP contribution in [0.4, 0.5) is 0 Å². The summed E-state index contributed by atoms with van der Waals surface area (Å²) in [7, 11) is 0. The highest BCUT2D eigenvalue weighted by molar-refractivity contribution is 9.11. The summed E-state index contributed by atoms with van der Waals surface area (Å²) in [6.45, 7) is 0.801. The second kappa shape index (κ2) is 3.82. The number of halogens is 1. The number of ketones is 1. The standard InChI is InChI=1S/C9H8BrNO2S/c10-9-6(1-2-14-9)4-11-5-7(12)3-8(11)13/h1-2H,3-5H2. The topological polar surface area (TPSA) is 37.4 Å². The molecule has 74 valence electrons. The fourth-order valence-corrected chi connectivity index (χ4v) is 2.64. The Bertz CT molecular complexity index is 388. The number of carbonyl (C=O) groups excluding carboxylic acids is 2. The summed E-state index contributed by atoms with van der Waals surface area (Å²) in [5.41, 5.74) is 1.07. The molecule has 0 N–H and O–H groups in total. The maximum Gasteiger partial charge on any atom is 0.230 e. The number of hydrogen-bond donors (Lipinski definition) is 0. The smallest absolute Gasteiger partial charge is 0.230 e. The minimum absolute atomic E-state index is 0.0151. The van der Waals surface area contributed by atoms with Crippen molar-refractivity contribution in [2.45, 2.75) is 13.0 Å². The average Bonchev–Trinajstić information content (AvgIpc) is 2.62. The minimum atomic E-state index is -0.0619. The summed E-state index contributed by atoms with van der Waals surface area (Å²) < 4.78 is 1.03. The highest BCUT2D eigenvalue weighted by Crippen LogP contribution is 2.25. The predicted molar refractivity (Wildman–Crippen MR) is 57.1 cm³/mol. The molecule has 14 heavy (non-hydrogen) atoms. The molecule has 0 bridgehead atoms. The molecule has 1 aromatic heterocycles. The van der Waals surface area contributed by atoms with Crippen LogP contribution < -0.4 is 0 Å². The molecule has 0 atom stereocenters. The molecule has 0 unspecified atom stereocenters. The number of nitrogens with zero attached hydrogens (tertiary/aromatic N) is 1. The Labute approximate surface area is 93.8 Å². The van der Waals surface area contributed by atoms with Crippen LogP contribution >= 0.6 is 27.3 Å². The highest BCUT2D eigenvalue weighted by atomic mass is 79.9. The Balaban J connectivity index is 2.09.